The lowest BCUT2D eigenvalue weighted by Gasteiger charge is -2.02. The molecule has 0 saturated heterocycles. The van der Waals surface area contributed by atoms with Crippen LogP contribution in [0.4, 0.5) is 5.69 Å². The maximum Gasteiger partial charge on any atom is 0.138 e. The zero-order chi connectivity index (χ0) is 13.5. The highest BCUT2D eigenvalue weighted by Crippen LogP contribution is 2.28. The Morgan fingerprint density at radius 1 is 1.15 bits per heavy atom. The minimum atomic E-state index is 0.949. The number of benzene rings is 2. The lowest BCUT2D eigenvalue weighted by atomic mass is 10.1. The van der Waals surface area contributed by atoms with Crippen molar-refractivity contribution in [3.63, 3.8) is 0 Å². The molecule has 0 unspecified atom stereocenters. The summed E-state index contributed by atoms with van der Waals surface area (Å²) in [6, 6.07) is 13.0. The molecule has 3 nitrogen and oxygen atoms in total. The maximum absolute atomic E-state index is 4.70. The van der Waals surface area contributed by atoms with Crippen molar-refractivity contribution in [1.29, 1.82) is 0 Å². The molecule has 0 spiro atoms. The van der Waals surface area contributed by atoms with Crippen LogP contribution in [0.5, 0.6) is 0 Å². The molecule has 2 aromatic carbocycles. The molecular weight excluding hydrogens is 246 g/mol. The van der Waals surface area contributed by atoms with Gasteiger partial charge in [0.15, 0.2) is 0 Å². The fourth-order valence-electron chi connectivity index (χ4n) is 2.85. The molecule has 3 heteroatoms. The maximum atomic E-state index is 4.70. The van der Waals surface area contributed by atoms with E-state index in [-0.39, 0.29) is 0 Å². The van der Waals surface area contributed by atoms with Crippen LogP contribution in [0.15, 0.2) is 36.4 Å². The number of aryl methyl sites for hydroxylation is 1. The molecule has 0 fully saturated rings. The quantitative estimate of drug-likeness (QED) is 0.739. The second-order valence-corrected chi connectivity index (χ2v) is 5.34. The van der Waals surface area contributed by atoms with E-state index in [1.54, 1.807) is 0 Å². The normalized spacial score (nSPS) is 13.4. The third kappa shape index (κ3) is 1.78. The Labute approximate surface area is 118 Å². The fourth-order valence-corrected chi connectivity index (χ4v) is 2.85. The number of rotatable bonds is 2. The summed E-state index contributed by atoms with van der Waals surface area (Å²) in [6.07, 6.45) is 2.17. The van der Waals surface area contributed by atoms with Crippen molar-refractivity contribution >= 4 is 16.7 Å². The van der Waals surface area contributed by atoms with Gasteiger partial charge in [-0.1, -0.05) is 25.1 Å². The number of anilines is 1. The topological polar surface area (TPSA) is 40.7 Å². The van der Waals surface area contributed by atoms with Gasteiger partial charge in [0.1, 0.15) is 5.82 Å². The first-order valence-electron chi connectivity index (χ1n) is 7.19. The summed E-state index contributed by atoms with van der Waals surface area (Å²) in [7, 11) is 0. The van der Waals surface area contributed by atoms with Gasteiger partial charge in [-0.15, -0.1) is 0 Å². The van der Waals surface area contributed by atoms with E-state index in [9.17, 15) is 0 Å². The van der Waals surface area contributed by atoms with E-state index >= 15 is 0 Å². The van der Waals surface area contributed by atoms with Crippen LogP contribution in [0, 0.1) is 0 Å². The van der Waals surface area contributed by atoms with E-state index in [0.717, 1.165) is 41.8 Å². The average Bonchev–Trinajstić information content (AvgIpc) is 3.11. The third-order valence-electron chi connectivity index (χ3n) is 4.05. The third-order valence-corrected chi connectivity index (χ3v) is 4.05. The number of nitrogens with one attached hydrogen (secondary N) is 2. The first kappa shape index (κ1) is 11.5. The van der Waals surface area contributed by atoms with Crippen molar-refractivity contribution in [2.24, 2.45) is 0 Å². The number of nitrogens with zero attached hydrogens (tertiary/aromatic N) is 1. The van der Waals surface area contributed by atoms with Gasteiger partial charge in [0.2, 0.25) is 0 Å². The first-order chi connectivity index (χ1) is 9.83. The number of imidazole rings is 1. The SMILES string of the molecule is CCc1ccc2nc(-c3ccc4c(c3)NCC4)[nH]c2c1. The van der Waals surface area contributed by atoms with Crippen molar-refractivity contribution in [3.8, 4) is 11.4 Å². The van der Waals surface area contributed by atoms with E-state index in [2.05, 4.69) is 53.6 Å². The van der Waals surface area contributed by atoms with Crippen molar-refractivity contribution in [1.82, 2.24) is 9.97 Å². The molecule has 0 saturated carbocycles. The summed E-state index contributed by atoms with van der Waals surface area (Å²) in [5.41, 5.74) is 7.28. The monoisotopic (exact) mass is 263 g/mol. The molecule has 3 aromatic rings. The molecule has 100 valence electrons. The van der Waals surface area contributed by atoms with Gasteiger partial charge >= 0.3 is 0 Å². The standard InChI is InChI=1S/C17H17N3/c1-2-11-3-6-14-16(9-11)20-17(19-14)13-5-4-12-7-8-18-15(12)10-13/h3-6,9-10,18H,2,7-8H2,1H3,(H,19,20). The summed E-state index contributed by atoms with van der Waals surface area (Å²) < 4.78 is 0. The summed E-state index contributed by atoms with van der Waals surface area (Å²) >= 11 is 0. The lowest BCUT2D eigenvalue weighted by molar-refractivity contribution is 1.11. The molecule has 0 aliphatic carbocycles. The molecule has 1 aromatic heterocycles. The number of aromatic amines is 1. The average molecular weight is 263 g/mol. The fraction of sp³-hybridized carbons (Fsp3) is 0.235. The number of hydrogen-bond acceptors (Lipinski definition) is 2. The number of aromatic nitrogens is 2. The Kier molecular flexibility index (Phi) is 2.52. The second kappa shape index (κ2) is 4.37. The number of H-pyrrole nitrogens is 1. The molecule has 0 radical (unpaired) electrons. The van der Waals surface area contributed by atoms with Crippen molar-refractivity contribution in [2.45, 2.75) is 19.8 Å². The smallest absolute Gasteiger partial charge is 0.138 e. The molecular formula is C17H17N3. The Morgan fingerprint density at radius 3 is 3.00 bits per heavy atom. The molecule has 2 N–H and O–H groups in total. The molecule has 0 atom stereocenters. The van der Waals surface area contributed by atoms with E-state index in [0.29, 0.717) is 0 Å². The van der Waals surface area contributed by atoms with Crippen LogP contribution in [0.25, 0.3) is 22.4 Å². The van der Waals surface area contributed by atoms with Gasteiger partial charge in [-0.3, -0.25) is 0 Å². The minimum absolute atomic E-state index is 0.949. The van der Waals surface area contributed by atoms with Crippen LogP contribution in [0.1, 0.15) is 18.1 Å². The lowest BCUT2D eigenvalue weighted by Crippen LogP contribution is -1.91. The summed E-state index contributed by atoms with van der Waals surface area (Å²) in [4.78, 5) is 8.14. The highest BCUT2D eigenvalue weighted by molar-refractivity contribution is 5.81. The summed E-state index contributed by atoms with van der Waals surface area (Å²) in [6.45, 7) is 3.21. The second-order valence-electron chi connectivity index (χ2n) is 5.34. The summed E-state index contributed by atoms with van der Waals surface area (Å²) in [5.74, 6) is 0.949. The Hall–Kier alpha value is -2.29. The zero-order valence-corrected chi connectivity index (χ0v) is 11.5. The Balaban J connectivity index is 1.81. The van der Waals surface area contributed by atoms with Gasteiger partial charge in [-0.2, -0.15) is 0 Å². The molecule has 20 heavy (non-hydrogen) atoms. The predicted molar refractivity (Wildman–Crippen MR) is 83.1 cm³/mol. The van der Waals surface area contributed by atoms with E-state index in [1.807, 2.05) is 0 Å². The number of fused-ring (bicyclic) bond motifs is 2. The molecule has 1 aliphatic heterocycles. The van der Waals surface area contributed by atoms with Crippen LogP contribution in [0.2, 0.25) is 0 Å². The predicted octanol–water partition coefficient (Wildman–Crippen LogP) is 3.76. The van der Waals surface area contributed by atoms with E-state index in [4.69, 9.17) is 4.98 Å². The van der Waals surface area contributed by atoms with E-state index < -0.39 is 0 Å². The zero-order valence-electron chi connectivity index (χ0n) is 11.5. The van der Waals surface area contributed by atoms with Gasteiger partial charge in [0.05, 0.1) is 11.0 Å². The molecule has 4 rings (SSSR count). The molecule has 1 aliphatic rings. The highest BCUT2D eigenvalue weighted by atomic mass is 14.9. The van der Waals surface area contributed by atoms with Gasteiger partial charge in [-0.25, -0.2) is 4.98 Å². The van der Waals surface area contributed by atoms with Crippen molar-refractivity contribution in [2.75, 3.05) is 11.9 Å². The van der Waals surface area contributed by atoms with E-state index in [1.165, 1.54) is 16.8 Å². The van der Waals surface area contributed by atoms with Crippen LogP contribution < -0.4 is 5.32 Å². The molecule has 2 heterocycles. The first-order valence-corrected chi connectivity index (χ1v) is 7.19. The van der Waals surface area contributed by atoms with Crippen LogP contribution in [-0.4, -0.2) is 16.5 Å². The van der Waals surface area contributed by atoms with Crippen molar-refractivity contribution < 1.29 is 0 Å². The van der Waals surface area contributed by atoms with Gasteiger partial charge in [-0.05, 0) is 42.2 Å². The highest BCUT2D eigenvalue weighted by Gasteiger charge is 2.12. The van der Waals surface area contributed by atoms with Gasteiger partial charge in [0.25, 0.3) is 0 Å². The van der Waals surface area contributed by atoms with Crippen LogP contribution in [-0.2, 0) is 12.8 Å². The van der Waals surface area contributed by atoms with Gasteiger partial charge < -0.3 is 10.3 Å². The van der Waals surface area contributed by atoms with Gasteiger partial charge in [0, 0.05) is 17.8 Å². The largest absolute Gasteiger partial charge is 0.384 e. The minimum Gasteiger partial charge on any atom is -0.384 e. The van der Waals surface area contributed by atoms with Crippen LogP contribution >= 0.6 is 0 Å². The molecule has 0 bridgehead atoms. The van der Waals surface area contributed by atoms with Crippen LogP contribution in [0.3, 0.4) is 0 Å². The number of hydrogen-bond donors (Lipinski definition) is 2. The Morgan fingerprint density at radius 2 is 2.10 bits per heavy atom. The Bertz CT molecular complexity index is 786. The molecule has 0 amide bonds. The summed E-state index contributed by atoms with van der Waals surface area (Å²) in [5, 5.41) is 3.42. The van der Waals surface area contributed by atoms with Crippen molar-refractivity contribution in [3.05, 3.63) is 47.5 Å².